The van der Waals surface area contributed by atoms with Gasteiger partial charge in [-0.1, -0.05) is 39.0 Å². The Labute approximate surface area is 111 Å². The van der Waals surface area contributed by atoms with Gasteiger partial charge in [-0.2, -0.15) is 0 Å². The van der Waals surface area contributed by atoms with E-state index in [0.717, 1.165) is 19.6 Å². The topological polar surface area (TPSA) is 21.3 Å². The van der Waals surface area contributed by atoms with E-state index in [-0.39, 0.29) is 0 Å². The summed E-state index contributed by atoms with van der Waals surface area (Å²) in [7, 11) is 0. The average Bonchev–Trinajstić information content (AvgIpc) is 2.90. The fraction of sp³-hybridized carbons (Fsp3) is 0.625. The summed E-state index contributed by atoms with van der Waals surface area (Å²) < 4.78 is 5.52. The Morgan fingerprint density at radius 3 is 2.72 bits per heavy atom. The third-order valence-electron chi connectivity index (χ3n) is 3.90. The highest BCUT2D eigenvalue weighted by atomic mass is 16.5. The van der Waals surface area contributed by atoms with Gasteiger partial charge in [0.15, 0.2) is 0 Å². The van der Waals surface area contributed by atoms with Crippen LogP contribution in [-0.2, 0) is 4.74 Å². The molecule has 0 amide bonds. The van der Waals surface area contributed by atoms with E-state index in [1.165, 1.54) is 17.7 Å². The fourth-order valence-corrected chi connectivity index (χ4v) is 2.75. The van der Waals surface area contributed by atoms with Gasteiger partial charge in [0.05, 0.1) is 6.61 Å². The second kappa shape index (κ2) is 6.24. The summed E-state index contributed by atoms with van der Waals surface area (Å²) in [5.74, 6) is 1.22. The van der Waals surface area contributed by atoms with Crippen LogP contribution in [0.2, 0.25) is 0 Å². The number of nitrogens with one attached hydrogen (secondary N) is 1. The highest BCUT2D eigenvalue weighted by Crippen LogP contribution is 2.28. The molecular weight excluding hydrogens is 222 g/mol. The second-order valence-corrected chi connectivity index (χ2v) is 5.52. The van der Waals surface area contributed by atoms with E-state index in [4.69, 9.17) is 4.74 Å². The average molecular weight is 247 g/mol. The van der Waals surface area contributed by atoms with Crippen LogP contribution in [0.5, 0.6) is 0 Å². The molecule has 1 aromatic rings. The van der Waals surface area contributed by atoms with Gasteiger partial charge in [-0.15, -0.1) is 0 Å². The van der Waals surface area contributed by atoms with Crippen molar-refractivity contribution in [3.63, 3.8) is 0 Å². The van der Waals surface area contributed by atoms with Crippen molar-refractivity contribution in [2.45, 2.75) is 45.6 Å². The lowest BCUT2D eigenvalue weighted by molar-refractivity contribution is 0.182. The fourth-order valence-electron chi connectivity index (χ4n) is 2.75. The Morgan fingerprint density at radius 1 is 1.33 bits per heavy atom. The number of hydrogen-bond donors (Lipinski definition) is 1. The van der Waals surface area contributed by atoms with E-state index in [0.29, 0.717) is 17.9 Å². The molecule has 1 fully saturated rings. The molecule has 2 atom stereocenters. The maximum Gasteiger partial charge on any atom is 0.0514 e. The molecule has 2 rings (SSSR count). The summed E-state index contributed by atoms with van der Waals surface area (Å²) in [6.07, 6.45) is 2.34. The lowest BCUT2D eigenvalue weighted by Crippen LogP contribution is -2.29. The molecule has 0 saturated carbocycles. The molecule has 18 heavy (non-hydrogen) atoms. The van der Waals surface area contributed by atoms with Gasteiger partial charge in [0.1, 0.15) is 0 Å². The normalized spacial score (nSPS) is 21.2. The molecule has 1 saturated heterocycles. The zero-order valence-corrected chi connectivity index (χ0v) is 11.8. The minimum absolute atomic E-state index is 0.535. The SMILES string of the molecule is CCC(Nc1ccccc1C(C)C)C1CCOC1. The monoisotopic (exact) mass is 247 g/mol. The maximum absolute atomic E-state index is 5.52. The Hall–Kier alpha value is -1.02. The third-order valence-corrected chi connectivity index (χ3v) is 3.90. The first-order valence-corrected chi connectivity index (χ1v) is 7.15. The molecule has 100 valence electrons. The summed E-state index contributed by atoms with van der Waals surface area (Å²) in [6.45, 7) is 8.60. The number of rotatable bonds is 5. The molecular formula is C16H25NO. The zero-order valence-electron chi connectivity index (χ0n) is 11.8. The molecule has 0 aromatic heterocycles. The molecule has 2 heteroatoms. The second-order valence-electron chi connectivity index (χ2n) is 5.52. The van der Waals surface area contributed by atoms with E-state index in [9.17, 15) is 0 Å². The van der Waals surface area contributed by atoms with Crippen LogP contribution in [0.15, 0.2) is 24.3 Å². The van der Waals surface area contributed by atoms with Gasteiger partial charge in [0, 0.05) is 24.3 Å². The molecule has 0 spiro atoms. The first-order valence-electron chi connectivity index (χ1n) is 7.15. The molecule has 0 aliphatic carbocycles. The molecule has 0 bridgehead atoms. The number of hydrogen-bond acceptors (Lipinski definition) is 2. The van der Waals surface area contributed by atoms with Gasteiger partial charge in [-0.3, -0.25) is 0 Å². The van der Waals surface area contributed by atoms with Crippen LogP contribution in [0.4, 0.5) is 5.69 Å². The first-order chi connectivity index (χ1) is 8.72. The number of anilines is 1. The summed E-state index contributed by atoms with van der Waals surface area (Å²) in [5.41, 5.74) is 2.71. The minimum atomic E-state index is 0.535. The van der Waals surface area contributed by atoms with Crippen LogP contribution in [-0.4, -0.2) is 19.3 Å². The molecule has 1 aliphatic rings. The molecule has 1 aromatic carbocycles. The van der Waals surface area contributed by atoms with Gasteiger partial charge in [-0.25, -0.2) is 0 Å². The van der Waals surface area contributed by atoms with Gasteiger partial charge in [0.2, 0.25) is 0 Å². The van der Waals surface area contributed by atoms with Crippen LogP contribution in [0.3, 0.4) is 0 Å². The van der Waals surface area contributed by atoms with Gasteiger partial charge >= 0.3 is 0 Å². The van der Waals surface area contributed by atoms with E-state index >= 15 is 0 Å². The Kier molecular flexibility index (Phi) is 4.65. The van der Waals surface area contributed by atoms with Gasteiger partial charge in [0.25, 0.3) is 0 Å². The lowest BCUT2D eigenvalue weighted by atomic mass is 9.95. The molecule has 2 nitrogen and oxygen atoms in total. The summed E-state index contributed by atoms with van der Waals surface area (Å²) in [4.78, 5) is 0. The highest BCUT2D eigenvalue weighted by Gasteiger charge is 2.24. The van der Waals surface area contributed by atoms with Crippen molar-refractivity contribution < 1.29 is 4.74 Å². The van der Waals surface area contributed by atoms with E-state index in [1.807, 2.05) is 0 Å². The van der Waals surface area contributed by atoms with Crippen LogP contribution < -0.4 is 5.32 Å². The number of ether oxygens (including phenoxy) is 1. The molecule has 1 aliphatic heterocycles. The third kappa shape index (κ3) is 3.05. The van der Waals surface area contributed by atoms with Crippen molar-refractivity contribution in [3.8, 4) is 0 Å². The van der Waals surface area contributed by atoms with E-state index in [1.54, 1.807) is 0 Å². The number of benzene rings is 1. The number of para-hydroxylation sites is 1. The molecule has 1 heterocycles. The summed E-state index contributed by atoms with van der Waals surface area (Å²) in [6, 6.07) is 9.21. The lowest BCUT2D eigenvalue weighted by Gasteiger charge is -2.25. The van der Waals surface area contributed by atoms with Crippen LogP contribution >= 0.6 is 0 Å². The van der Waals surface area contributed by atoms with Gasteiger partial charge < -0.3 is 10.1 Å². The standard InChI is InChI=1S/C16H25NO/c1-4-15(13-9-10-18-11-13)17-16-8-6-5-7-14(16)12(2)3/h5-8,12-13,15,17H,4,9-11H2,1-3H3. The van der Waals surface area contributed by atoms with Crippen molar-refractivity contribution in [2.75, 3.05) is 18.5 Å². The predicted molar refractivity (Wildman–Crippen MR) is 77.2 cm³/mol. The molecule has 1 N–H and O–H groups in total. The summed E-state index contributed by atoms with van der Waals surface area (Å²) in [5, 5.41) is 3.74. The van der Waals surface area contributed by atoms with Gasteiger partial charge in [-0.05, 0) is 30.4 Å². The predicted octanol–water partition coefficient (Wildman–Crippen LogP) is 4.04. The van der Waals surface area contributed by atoms with Crippen molar-refractivity contribution in [1.29, 1.82) is 0 Å². The quantitative estimate of drug-likeness (QED) is 0.848. The van der Waals surface area contributed by atoms with E-state index in [2.05, 4.69) is 50.4 Å². The van der Waals surface area contributed by atoms with Crippen molar-refractivity contribution in [1.82, 2.24) is 0 Å². The van der Waals surface area contributed by atoms with Crippen LogP contribution in [0, 0.1) is 5.92 Å². The smallest absolute Gasteiger partial charge is 0.0514 e. The van der Waals surface area contributed by atoms with Crippen molar-refractivity contribution in [3.05, 3.63) is 29.8 Å². The molecule has 0 radical (unpaired) electrons. The van der Waals surface area contributed by atoms with Crippen molar-refractivity contribution in [2.24, 2.45) is 5.92 Å². The Bertz CT molecular complexity index is 369. The Balaban J connectivity index is 2.11. The largest absolute Gasteiger partial charge is 0.382 e. The maximum atomic E-state index is 5.52. The van der Waals surface area contributed by atoms with Crippen molar-refractivity contribution >= 4 is 5.69 Å². The van der Waals surface area contributed by atoms with Crippen LogP contribution in [0.25, 0.3) is 0 Å². The van der Waals surface area contributed by atoms with Crippen LogP contribution in [0.1, 0.15) is 45.1 Å². The van der Waals surface area contributed by atoms with E-state index < -0.39 is 0 Å². The minimum Gasteiger partial charge on any atom is -0.382 e. The Morgan fingerprint density at radius 2 is 2.11 bits per heavy atom. The zero-order chi connectivity index (χ0) is 13.0. The summed E-state index contributed by atoms with van der Waals surface area (Å²) >= 11 is 0. The highest BCUT2D eigenvalue weighted by molar-refractivity contribution is 5.53. The molecule has 2 unspecified atom stereocenters. The first kappa shape index (κ1) is 13.4.